The first-order valence-electron chi connectivity index (χ1n) is 4.89. The molecule has 0 aliphatic carbocycles. The number of carbonyl (C=O) groups is 1. The highest BCUT2D eigenvalue weighted by molar-refractivity contribution is 5.55. The molecule has 13 heavy (non-hydrogen) atoms. The van der Waals surface area contributed by atoms with Gasteiger partial charge in [0.2, 0.25) is 0 Å². The fourth-order valence-electron chi connectivity index (χ4n) is 1.17. The summed E-state index contributed by atoms with van der Waals surface area (Å²) in [6, 6.07) is 0. The minimum absolute atomic E-state index is 0.0512. The summed E-state index contributed by atoms with van der Waals surface area (Å²) in [5.41, 5.74) is 2.86. The summed E-state index contributed by atoms with van der Waals surface area (Å²) in [4.78, 5) is 10.3. The van der Waals surface area contributed by atoms with Crippen molar-refractivity contribution in [1.82, 2.24) is 0 Å². The summed E-state index contributed by atoms with van der Waals surface area (Å²) in [6.07, 6.45) is 7.10. The molecule has 74 valence electrons. The number of carbonyl (C=O) groups excluding carboxylic acids is 1. The van der Waals surface area contributed by atoms with Crippen molar-refractivity contribution >= 4 is 6.29 Å². The van der Waals surface area contributed by atoms with Gasteiger partial charge in [-0.3, -0.25) is 0 Å². The molecule has 0 spiro atoms. The summed E-state index contributed by atoms with van der Waals surface area (Å²) < 4.78 is 0. The van der Waals surface area contributed by atoms with Gasteiger partial charge < -0.3 is 4.79 Å². The lowest BCUT2D eigenvalue weighted by Gasteiger charge is -2.03. The molecule has 0 heterocycles. The van der Waals surface area contributed by atoms with Gasteiger partial charge >= 0.3 is 0 Å². The van der Waals surface area contributed by atoms with Crippen LogP contribution in [0, 0.1) is 5.92 Å². The molecular formula is C12H20O. The Hall–Kier alpha value is -0.850. The van der Waals surface area contributed by atoms with Crippen LogP contribution in [0.2, 0.25) is 0 Å². The topological polar surface area (TPSA) is 17.1 Å². The lowest BCUT2D eigenvalue weighted by atomic mass is 10.0. The van der Waals surface area contributed by atoms with Crippen LogP contribution in [0.3, 0.4) is 0 Å². The Balaban J connectivity index is 4.07. The van der Waals surface area contributed by atoms with Crippen molar-refractivity contribution in [2.75, 3.05) is 0 Å². The van der Waals surface area contributed by atoms with Gasteiger partial charge in [-0.2, -0.15) is 0 Å². The van der Waals surface area contributed by atoms with Crippen LogP contribution in [0.1, 0.15) is 40.5 Å². The Morgan fingerprint density at radius 1 is 1.38 bits per heavy atom. The molecule has 0 aliphatic heterocycles. The van der Waals surface area contributed by atoms with Gasteiger partial charge in [-0.05, 0) is 26.7 Å². The standard InChI is InChI=1S/C12H20O/c1-5-12(10(2)3)8-6-7-11(4)9-13/h6-7,9,11H,5,8H2,1-4H3. The average Bonchev–Trinajstić information content (AvgIpc) is 2.11. The van der Waals surface area contributed by atoms with E-state index in [4.69, 9.17) is 0 Å². The highest BCUT2D eigenvalue weighted by Crippen LogP contribution is 2.13. The van der Waals surface area contributed by atoms with Crippen molar-refractivity contribution in [3.8, 4) is 0 Å². The monoisotopic (exact) mass is 180 g/mol. The van der Waals surface area contributed by atoms with Crippen LogP contribution < -0.4 is 0 Å². The summed E-state index contributed by atoms with van der Waals surface area (Å²) in [7, 11) is 0. The quantitative estimate of drug-likeness (QED) is 0.467. The first kappa shape index (κ1) is 12.2. The van der Waals surface area contributed by atoms with Crippen molar-refractivity contribution in [2.45, 2.75) is 40.5 Å². The van der Waals surface area contributed by atoms with E-state index in [1.54, 1.807) is 0 Å². The van der Waals surface area contributed by atoms with E-state index in [0.29, 0.717) is 0 Å². The number of hydrogen-bond acceptors (Lipinski definition) is 1. The number of allylic oxidation sites excluding steroid dienone is 4. The lowest BCUT2D eigenvalue weighted by Crippen LogP contribution is -1.89. The molecule has 0 N–H and O–H groups in total. The summed E-state index contributed by atoms with van der Waals surface area (Å²) in [6.45, 7) is 8.34. The van der Waals surface area contributed by atoms with E-state index >= 15 is 0 Å². The normalized spacial score (nSPS) is 12.9. The Kier molecular flexibility index (Phi) is 6.21. The molecule has 0 bridgehead atoms. The lowest BCUT2D eigenvalue weighted by molar-refractivity contribution is -0.109. The smallest absolute Gasteiger partial charge is 0.126 e. The summed E-state index contributed by atoms with van der Waals surface area (Å²) >= 11 is 0. The van der Waals surface area contributed by atoms with Gasteiger partial charge in [0.1, 0.15) is 6.29 Å². The van der Waals surface area contributed by atoms with Crippen LogP contribution in [0.15, 0.2) is 23.3 Å². The molecule has 0 aromatic rings. The Morgan fingerprint density at radius 2 is 2.00 bits per heavy atom. The van der Waals surface area contributed by atoms with Crippen LogP contribution >= 0.6 is 0 Å². The average molecular weight is 180 g/mol. The molecule has 0 saturated heterocycles. The van der Waals surface area contributed by atoms with E-state index < -0.39 is 0 Å². The minimum atomic E-state index is 0.0512. The minimum Gasteiger partial charge on any atom is -0.303 e. The molecule has 1 nitrogen and oxygen atoms in total. The molecule has 1 atom stereocenters. The van der Waals surface area contributed by atoms with Crippen molar-refractivity contribution in [3.63, 3.8) is 0 Å². The molecule has 0 fully saturated rings. The van der Waals surface area contributed by atoms with Crippen LogP contribution in [-0.4, -0.2) is 6.29 Å². The fourth-order valence-corrected chi connectivity index (χ4v) is 1.17. The summed E-state index contributed by atoms with van der Waals surface area (Å²) in [5.74, 6) is 0.0512. The number of rotatable bonds is 5. The highest BCUT2D eigenvalue weighted by atomic mass is 16.1. The van der Waals surface area contributed by atoms with E-state index in [1.165, 1.54) is 11.1 Å². The molecule has 1 heteroatoms. The molecule has 0 saturated carbocycles. The second-order valence-corrected chi connectivity index (χ2v) is 3.58. The van der Waals surface area contributed by atoms with E-state index in [2.05, 4.69) is 26.8 Å². The SMILES string of the molecule is CCC(CC=CC(C)C=O)=C(C)C. The Morgan fingerprint density at radius 3 is 2.38 bits per heavy atom. The van der Waals surface area contributed by atoms with Gasteiger partial charge in [-0.1, -0.05) is 37.1 Å². The third kappa shape index (κ3) is 5.40. The second-order valence-electron chi connectivity index (χ2n) is 3.58. The van der Waals surface area contributed by atoms with Gasteiger partial charge in [0.25, 0.3) is 0 Å². The zero-order valence-electron chi connectivity index (χ0n) is 9.13. The summed E-state index contributed by atoms with van der Waals surface area (Å²) in [5, 5.41) is 0. The van der Waals surface area contributed by atoms with Crippen LogP contribution in [-0.2, 0) is 4.79 Å². The van der Waals surface area contributed by atoms with Gasteiger partial charge in [0.15, 0.2) is 0 Å². The number of hydrogen-bond donors (Lipinski definition) is 0. The Labute approximate surface area is 81.5 Å². The van der Waals surface area contributed by atoms with Crippen molar-refractivity contribution in [3.05, 3.63) is 23.3 Å². The largest absolute Gasteiger partial charge is 0.303 e. The van der Waals surface area contributed by atoms with Gasteiger partial charge in [0.05, 0.1) is 0 Å². The van der Waals surface area contributed by atoms with Crippen molar-refractivity contribution in [1.29, 1.82) is 0 Å². The highest BCUT2D eigenvalue weighted by Gasteiger charge is 1.95. The zero-order valence-corrected chi connectivity index (χ0v) is 9.13. The predicted molar refractivity (Wildman–Crippen MR) is 57.7 cm³/mol. The number of aldehydes is 1. The molecule has 1 unspecified atom stereocenters. The van der Waals surface area contributed by atoms with Crippen LogP contribution in [0.25, 0.3) is 0 Å². The maximum Gasteiger partial charge on any atom is 0.126 e. The third-order valence-corrected chi connectivity index (χ3v) is 2.15. The second kappa shape index (κ2) is 6.64. The third-order valence-electron chi connectivity index (χ3n) is 2.15. The first-order chi connectivity index (χ1) is 6.11. The molecular weight excluding hydrogens is 160 g/mol. The maximum atomic E-state index is 10.3. The fraction of sp³-hybridized carbons (Fsp3) is 0.583. The van der Waals surface area contributed by atoms with Crippen LogP contribution in [0.5, 0.6) is 0 Å². The van der Waals surface area contributed by atoms with E-state index in [1.807, 2.05) is 13.0 Å². The first-order valence-corrected chi connectivity index (χ1v) is 4.89. The van der Waals surface area contributed by atoms with Gasteiger partial charge in [0, 0.05) is 5.92 Å². The van der Waals surface area contributed by atoms with Crippen molar-refractivity contribution < 1.29 is 4.79 Å². The van der Waals surface area contributed by atoms with E-state index in [-0.39, 0.29) is 5.92 Å². The van der Waals surface area contributed by atoms with Crippen LogP contribution in [0.4, 0.5) is 0 Å². The molecule has 0 aromatic heterocycles. The molecule has 0 radical (unpaired) electrons. The van der Waals surface area contributed by atoms with Crippen molar-refractivity contribution in [2.24, 2.45) is 5.92 Å². The molecule has 0 rings (SSSR count). The predicted octanol–water partition coefficient (Wildman–Crippen LogP) is 3.51. The van der Waals surface area contributed by atoms with Gasteiger partial charge in [-0.25, -0.2) is 0 Å². The van der Waals surface area contributed by atoms with E-state index in [9.17, 15) is 4.79 Å². The molecule has 0 amide bonds. The van der Waals surface area contributed by atoms with Gasteiger partial charge in [-0.15, -0.1) is 0 Å². The molecule has 0 aliphatic rings. The Bertz CT molecular complexity index is 207. The molecule has 0 aromatic carbocycles. The zero-order chi connectivity index (χ0) is 10.3. The van der Waals surface area contributed by atoms with E-state index in [0.717, 1.165) is 19.1 Å². The maximum absolute atomic E-state index is 10.3.